The summed E-state index contributed by atoms with van der Waals surface area (Å²) in [5, 5.41) is 10.4. The molecule has 0 aliphatic rings. The average molecular weight is 348 g/mol. The van der Waals surface area contributed by atoms with E-state index in [4.69, 9.17) is 0 Å². The van der Waals surface area contributed by atoms with Crippen molar-refractivity contribution in [3.63, 3.8) is 0 Å². The number of hydrogen-bond acceptors (Lipinski definition) is 3. The highest BCUT2D eigenvalue weighted by molar-refractivity contribution is 5.86. The van der Waals surface area contributed by atoms with Gasteiger partial charge in [-0.1, -0.05) is 30.3 Å². The first-order valence-electron chi connectivity index (χ1n) is 7.20. The van der Waals surface area contributed by atoms with Gasteiger partial charge in [0, 0.05) is 12.6 Å². The molecular formula is C17H12F4N4. The van der Waals surface area contributed by atoms with Gasteiger partial charge in [0.2, 0.25) is 0 Å². The third-order valence-electron chi connectivity index (χ3n) is 3.58. The lowest BCUT2D eigenvalue weighted by atomic mass is 9.97. The predicted molar refractivity (Wildman–Crippen MR) is 85.7 cm³/mol. The maximum Gasteiger partial charge on any atom is 0.417 e. The molecule has 0 unspecified atom stereocenters. The van der Waals surface area contributed by atoms with Crippen LogP contribution in [0.2, 0.25) is 0 Å². The fourth-order valence-electron chi connectivity index (χ4n) is 2.47. The number of alkyl halides is 3. The maximum absolute atomic E-state index is 13.2. The molecule has 0 bridgehead atoms. The van der Waals surface area contributed by atoms with Gasteiger partial charge in [-0.05, 0) is 23.3 Å². The molecular weight excluding hydrogens is 336 g/mol. The number of aliphatic imine (C=N–C) groups is 1. The van der Waals surface area contributed by atoms with Gasteiger partial charge in [-0.3, -0.25) is 4.99 Å². The van der Waals surface area contributed by atoms with Gasteiger partial charge in [-0.25, -0.2) is 4.39 Å². The van der Waals surface area contributed by atoms with Gasteiger partial charge in [-0.15, -0.1) is 0 Å². The predicted octanol–water partition coefficient (Wildman–Crippen LogP) is 4.35. The Bertz CT molecular complexity index is 911. The lowest BCUT2D eigenvalue weighted by Gasteiger charge is -2.13. The Kier molecular flexibility index (Phi) is 4.35. The van der Waals surface area contributed by atoms with Crippen LogP contribution in [0.5, 0.6) is 0 Å². The summed E-state index contributed by atoms with van der Waals surface area (Å²) in [5.74, 6) is -0.932. The van der Waals surface area contributed by atoms with Crippen molar-refractivity contribution in [2.45, 2.75) is 6.18 Å². The van der Waals surface area contributed by atoms with Crippen LogP contribution < -0.4 is 0 Å². The number of hydrogen-bond donors (Lipinski definition) is 1. The molecule has 25 heavy (non-hydrogen) atoms. The molecule has 0 aliphatic heterocycles. The summed E-state index contributed by atoms with van der Waals surface area (Å²) in [6.07, 6.45) is -3.12. The number of H-pyrrole nitrogens is 1. The monoisotopic (exact) mass is 348 g/mol. The third kappa shape index (κ3) is 3.42. The maximum atomic E-state index is 13.2. The SMILES string of the molecule is CN=Cc1n[nH]nc1-c1ccc(-c2ccc(F)cc2C(F)(F)F)cc1. The van der Waals surface area contributed by atoms with Crippen molar-refractivity contribution < 1.29 is 17.6 Å². The zero-order valence-electron chi connectivity index (χ0n) is 13.0. The van der Waals surface area contributed by atoms with Crippen molar-refractivity contribution >= 4 is 6.21 Å². The lowest BCUT2D eigenvalue weighted by Crippen LogP contribution is -2.07. The number of rotatable bonds is 3. The third-order valence-corrected chi connectivity index (χ3v) is 3.58. The number of benzene rings is 2. The summed E-state index contributed by atoms with van der Waals surface area (Å²) in [4.78, 5) is 3.87. The minimum Gasteiger partial charge on any atom is -0.294 e. The molecule has 0 fully saturated rings. The summed E-state index contributed by atoms with van der Waals surface area (Å²) >= 11 is 0. The standard InChI is InChI=1S/C17H12F4N4/c1-22-9-15-16(24-25-23-15)11-4-2-10(3-5-11)13-7-6-12(18)8-14(13)17(19,20)21/h2-9H,1H3,(H,23,24,25). The Morgan fingerprint density at radius 1 is 1.00 bits per heavy atom. The lowest BCUT2D eigenvalue weighted by molar-refractivity contribution is -0.137. The van der Waals surface area contributed by atoms with E-state index in [9.17, 15) is 17.6 Å². The van der Waals surface area contributed by atoms with E-state index in [0.717, 1.165) is 12.1 Å². The molecule has 0 aliphatic carbocycles. The molecule has 0 saturated carbocycles. The Morgan fingerprint density at radius 2 is 1.68 bits per heavy atom. The molecule has 3 rings (SSSR count). The number of nitrogens with zero attached hydrogens (tertiary/aromatic N) is 3. The van der Waals surface area contributed by atoms with Gasteiger partial charge in [-0.2, -0.15) is 28.6 Å². The van der Waals surface area contributed by atoms with Crippen molar-refractivity contribution in [3.05, 3.63) is 59.5 Å². The number of aromatic amines is 1. The van der Waals surface area contributed by atoms with Gasteiger partial charge < -0.3 is 0 Å². The van der Waals surface area contributed by atoms with Crippen LogP contribution >= 0.6 is 0 Å². The Balaban J connectivity index is 2.03. The van der Waals surface area contributed by atoms with Crippen LogP contribution in [0, 0.1) is 5.82 Å². The number of aromatic nitrogens is 3. The zero-order chi connectivity index (χ0) is 18.0. The zero-order valence-corrected chi connectivity index (χ0v) is 13.0. The highest BCUT2D eigenvalue weighted by Gasteiger charge is 2.34. The number of halogens is 4. The molecule has 3 aromatic rings. The van der Waals surface area contributed by atoms with Crippen LogP contribution in [0.25, 0.3) is 22.4 Å². The average Bonchev–Trinajstić information content (AvgIpc) is 3.03. The van der Waals surface area contributed by atoms with Crippen molar-refractivity contribution in [1.29, 1.82) is 0 Å². The molecule has 0 atom stereocenters. The molecule has 8 heteroatoms. The van der Waals surface area contributed by atoms with Gasteiger partial charge >= 0.3 is 6.18 Å². The van der Waals surface area contributed by atoms with E-state index in [2.05, 4.69) is 20.4 Å². The van der Waals surface area contributed by atoms with Crippen molar-refractivity contribution in [3.8, 4) is 22.4 Å². The molecule has 128 valence electrons. The molecule has 4 nitrogen and oxygen atoms in total. The minimum absolute atomic E-state index is 0.0871. The van der Waals surface area contributed by atoms with Crippen LogP contribution in [0.4, 0.5) is 17.6 Å². The second kappa shape index (κ2) is 6.46. The van der Waals surface area contributed by atoms with Gasteiger partial charge in [0.15, 0.2) is 0 Å². The number of nitrogens with one attached hydrogen (secondary N) is 1. The summed E-state index contributed by atoms with van der Waals surface area (Å²) in [6, 6.07) is 8.94. The van der Waals surface area contributed by atoms with E-state index in [1.54, 1.807) is 19.2 Å². The molecule has 1 N–H and O–H groups in total. The van der Waals surface area contributed by atoms with E-state index >= 15 is 0 Å². The van der Waals surface area contributed by atoms with E-state index in [1.807, 2.05) is 0 Å². The first-order valence-corrected chi connectivity index (χ1v) is 7.20. The summed E-state index contributed by atoms with van der Waals surface area (Å²) in [5.41, 5.74) is 0.949. The first-order chi connectivity index (χ1) is 11.9. The molecule has 0 saturated heterocycles. The summed E-state index contributed by atoms with van der Waals surface area (Å²) in [7, 11) is 1.59. The topological polar surface area (TPSA) is 53.9 Å². The largest absolute Gasteiger partial charge is 0.417 e. The Hall–Kier alpha value is -3.03. The van der Waals surface area contributed by atoms with Crippen molar-refractivity contribution in [1.82, 2.24) is 15.4 Å². The first kappa shape index (κ1) is 16.8. The van der Waals surface area contributed by atoms with Gasteiger partial charge in [0.1, 0.15) is 17.2 Å². The van der Waals surface area contributed by atoms with Crippen molar-refractivity contribution in [2.75, 3.05) is 7.05 Å². The van der Waals surface area contributed by atoms with Gasteiger partial charge in [0.25, 0.3) is 0 Å². The van der Waals surface area contributed by atoms with E-state index in [1.165, 1.54) is 18.3 Å². The van der Waals surface area contributed by atoms with E-state index in [-0.39, 0.29) is 5.56 Å². The second-order valence-electron chi connectivity index (χ2n) is 5.21. The highest BCUT2D eigenvalue weighted by Crippen LogP contribution is 2.38. The molecule has 2 aromatic carbocycles. The molecule has 1 aromatic heterocycles. The quantitative estimate of drug-likeness (QED) is 0.565. The normalized spacial score (nSPS) is 12.0. The molecule has 1 heterocycles. The fourth-order valence-corrected chi connectivity index (χ4v) is 2.47. The molecule has 0 spiro atoms. The van der Waals surface area contributed by atoms with Crippen LogP contribution in [0.15, 0.2) is 47.5 Å². The van der Waals surface area contributed by atoms with Crippen LogP contribution in [-0.2, 0) is 6.18 Å². The Labute approximate surface area is 140 Å². The van der Waals surface area contributed by atoms with Crippen LogP contribution in [-0.4, -0.2) is 28.7 Å². The highest BCUT2D eigenvalue weighted by atomic mass is 19.4. The second-order valence-corrected chi connectivity index (χ2v) is 5.21. The smallest absolute Gasteiger partial charge is 0.294 e. The van der Waals surface area contributed by atoms with E-state index in [0.29, 0.717) is 28.6 Å². The fraction of sp³-hybridized carbons (Fsp3) is 0.118. The van der Waals surface area contributed by atoms with Crippen LogP contribution in [0.3, 0.4) is 0 Å². The van der Waals surface area contributed by atoms with Crippen molar-refractivity contribution in [2.24, 2.45) is 4.99 Å². The molecule has 0 amide bonds. The summed E-state index contributed by atoms with van der Waals surface area (Å²) < 4.78 is 52.7. The molecule has 0 radical (unpaired) electrons. The summed E-state index contributed by atoms with van der Waals surface area (Å²) in [6.45, 7) is 0. The van der Waals surface area contributed by atoms with Gasteiger partial charge in [0.05, 0.1) is 11.8 Å². The van der Waals surface area contributed by atoms with E-state index < -0.39 is 17.6 Å². The Morgan fingerprint density at radius 3 is 2.32 bits per heavy atom. The van der Waals surface area contributed by atoms with Crippen LogP contribution in [0.1, 0.15) is 11.3 Å². The minimum atomic E-state index is -4.65.